The van der Waals surface area contributed by atoms with Gasteiger partial charge in [-0.1, -0.05) is 13.8 Å². The van der Waals surface area contributed by atoms with E-state index in [9.17, 15) is 14.4 Å². The maximum absolute atomic E-state index is 12.6. The Kier molecular flexibility index (Phi) is 5.94. The second-order valence-corrected chi connectivity index (χ2v) is 6.11. The largest absolute Gasteiger partial charge is 0.450 e. The number of nitrogens with zero attached hydrogens (tertiary/aromatic N) is 4. The van der Waals surface area contributed by atoms with Crippen LogP contribution in [0.1, 0.15) is 31.3 Å². The lowest BCUT2D eigenvalue weighted by atomic mass is 10.2. The average molecular weight is 336 g/mol. The van der Waals surface area contributed by atoms with Crippen LogP contribution in [0.2, 0.25) is 0 Å². The topological polar surface area (TPSA) is 84.7 Å². The minimum absolute atomic E-state index is 0.215. The summed E-state index contributed by atoms with van der Waals surface area (Å²) >= 11 is 0. The van der Waals surface area contributed by atoms with E-state index in [2.05, 4.69) is 5.10 Å². The molecule has 1 fully saturated rings. The van der Waals surface area contributed by atoms with Crippen molar-refractivity contribution in [3.8, 4) is 0 Å². The van der Waals surface area contributed by atoms with Gasteiger partial charge in [-0.25, -0.2) is 9.48 Å². The summed E-state index contributed by atoms with van der Waals surface area (Å²) in [6.07, 6.45) is -0.354. The van der Waals surface area contributed by atoms with Crippen LogP contribution in [0.25, 0.3) is 0 Å². The average Bonchev–Trinajstić information content (AvgIpc) is 2.56. The number of rotatable bonds is 4. The van der Waals surface area contributed by atoms with Crippen molar-refractivity contribution in [1.82, 2.24) is 19.6 Å². The zero-order chi connectivity index (χ0) is 17.7. The summed E-state index contributed by atoms with van der Waals surface area (Å²) in [7, 11) is 0. The minimum Gasteiger partial charge on any atom is -0.450 e. The molecule has 0 aromatic carbocycles. The molecule has 0 bridgehead atoms. The van der Waals surface area contributed by atoms with Crippen molar-refractivity contribution >= 4 is 12.0 Å². The Morgan fingerprint density at radius 1 is 1.17 bits per heavy atom. The maximum atomic E-state index is 12.6. The number of piperazine rings is 1. The molecule has 24 heavy (non-hydrogen) atoms. The first kappa shape index (κ1) is 18.0. The van der Waals surface area contributed by atoms with Crippen LogP contribution in [0.5, 0.6) is 0 Å². The van der Waals surface area contributed by atoms with Gasteiger partial charge in [-0.05, 0) is 18.9 Å². The lowest BCUT2D eigenvalue weighted by Crippen LogP contribution is -2.51. The van der Waals surface area contributed by atoms with E-state index in [1.165, 1.54) is 16.8 Å². The number of carbonyl (C=O) groups excluding carboxylic acids is 2. The van der Waals surface area contributed by atoms with Crippen LogP contribution < -0.4 is 5.56 Å². The van der Waals surface area contributed by atoms with Gasteiger partial charge in [-0.3, -0.25) is 9.59 Å². The summed E-state index contributed by atoms with van der Waals surface area (Å²) in [6, 6.07) is 2.83. The van der Waals surface area contributed by atoms with Gasteiger partial charge >= 0.3 is 6.09 Å². The monoisotopic (exact) mass is 336 g/mol. The van der Waals surface area contributed by atoms with Gasteiger partial charge in [0.05, 0.1) is 6.61 Å². The number of hydrogen-bond acceptors (Lipinski definition) is 5. The molecule has 0 unspecified atom stereocenters. The van der Waals surface area contributed by atoms with Crippen LogP contribution in [-0.2, 0) is 11.3 Å². The Morgan fingerprint density at radius 3 is 2.38 bits per heavy atom. The molecule has 1 aromatic rings. The van der Waals surface area contributed by atoms with E-state index in [1.54, 1.807) is 16.7 Å². The minimum atomic E-state index is -0.354. The molecule has 1 aliphatic heterocycles. The van der Waals surface area contributed by atoms with E-state index in [4.69, 9.17) is 4.74 Å². The third-order valence-electron chi connectivity index (χ3n) is 3.72. The molecule has 0 atom stereocenters. The predicted molar refractivity (Wildman–Crippen MR) is 87.8 cm³/mol. The number of aromatic nitrogens is 2. The fourth-order valence-corrected chi connectivity index (χ4v) is 2.51. The van der Waals surface area contributed by atoms with E-state index in [0.717, 1.165) is 0 Å². The lowest BCUT2D eigenvalue weighted by Gasteiger charge is -2.33. The molecule has 1 aromatic heterocycles. The van der Waals surface area contributed by atoms with Crippen molar-refractivity contribution in [2.24, 2.45) is 5.92 Å². The smallest absolute Gasteiger partial charge is 0.409 e. The number of hydrogen-bond donors (Lipinski definition) is 0. The summed E-state index contributed by atoms with van der Waals surface area (Å²) in [4.78, 5) is 39.3. The highest BCUT2D eigenvalue weighted by atomic mass is 16.6. The number of ether oxygens (including phenoxy) is 1. The summed E-state index contributed by atoms with van der Waals surface area (Å²) in [5.41, 5.74) is 0.0345. The van der Waals surface area contributed by atoms with Crippen molar-refractivity contribution in [3.05, 3.63) is 28.2 Å². The lowest BCUT2D eigenvalue weighted by molar-refractivity contribution is 0.0563. The molecule has 0 spiro atoms. The van der Waals surface area contributed by atoms with Gasteiger partial charge in [0.15, 0.2) is 0 Å². The van der Waals surface area contributed by atoms with E-state index < -0.39 is 0 Å². The zero-order valence-electron chi connectivity index (χ0n) is 14.4. The summed E-state index contributed by atoms with van der Waals surface area (Å²) < 4.78 is 6.29. The highest BCUT2D eigenvalue weighted by molar-refractivity contribution is 5.92. The normalized spacial score (nSPS) is 14.8. The van der Waals surface area contributed by atoms with E-state index in [-0.39, 0.29) is 29.2 Å². The molecule has 0 radical (unpaired) electrons. The Labute approximate surface area is 141 Å². The van der Waals surface area contributed by atoms with Gasteiger partial charge in [-0.2, -0.15) is 5.10 Å². The zero-order valence-corrected chi connectivity index (χ0v) is 14.4. The van der Waals surface area contributed by atoms with Crippen LogP contribution in [0, 0.1) is 5.92 Å². The predicted octanol–water partition coefficient (Wildman–Crippen LogP) is 0.814. The van der Waals surface area contributed by atoms with Crippen LogP contribution in [0.4, 0.5) is 4.79 Å². The number of amides is 2. The van der Waals surface area contributed by atoms with E-state index >= 15 is 0 Å². The van der Waals surface area contributed by atoms with Crippen molar-refractivity contribution in [1.29, 1.82) is 0 Å². The SMILES string of the molecule is CCOC(=O)N1CCN(C(=O)c2ccc(=O)n(CC(C)C)n2)CC1. The summed E-state index contributed by atoms with van der Waals surface area (Å²) in [5.74, 6) is 0.0321. The van der Waals surface area contributed by atoms with Gasteiger partial charge in [0.2, 0.25) is 0 Å². The highest BCUT2D eigenvalue weighted by Crippen LogP contribution is 2.08. The fourth-order valence-electron chi connectivity index (χ4n) is 2.51. The van der Waals surface area contributed by atoms with Crippen molar-refractivity contribution in [2.75, 3.05) is 32.8 Å². The highest BCUT2D eigenvalue weighted by Gasteiger charge is 2.26. The molecule has 8 nitrogen and oxygen atoms in total. The van der Waals surface area contributed by atoms with Gasteiger partial charge < -0.3 is 14.5 Å². The molecular weight excluding hydrogens is 312 g/mol. The fraction of sp³-hybridized carbons (Fsp3) is 0.625. The first-order valence-corrected chi connectivity index (χ1v) is 8.21. The quantitative estimate of drug-likeness (QED) is 0.812. The second kappa shape index (κ2) is 7.94. The van der Waals surface area contributed by atoms with Crippen LogP contribution in [0.15, 0.2) is 16.9 Å². The Bertz CT molecular complexity index is 648. The summed E-state index contributed by atoms with van der Waals surface area (Å²) in [6.45, 7) is 8.22. The first-order valence-electron chi connectivity index (χ1n) is 8.21. The van der Waals surface area contributed by atoms with Gasteiger partial charge in [0.25, 0.3) is 11.5 Å². The standard InChI is InChI=1S/C16H24N4O4/c1-4-24-16(23)19-9-7-18(8-10-19)15(22)13-5-6-14(21)20(17-13)11-12(2)3/h5-6,12H,4,7-11H2,1-3H3. The van der Waals surface area contributed by atoms with E-state index in [0.29, 0.717) is 39.3 Å². The third kappa shape index (κ3) is 4.33. The van der Waals surface area contributed by atoms with Crippen LogP contribution >= 0.6 is 0 Å². The maximum Gasteiger partial charge on any atom is 0.409 e. The molecule has 2 heterocycles. The number of carbonyl (C=O) groups is 2. The van der Waals surface area contributed by atoms with Crippen molar-refractivity contribution in [3.63, 3.8) is 0 Å². The molecule has 0 aliphatic carbocycles. The molecule has 2 amide bonds. The molecule has 1 aliphatic rings. The molecule has 0 saturated carbocycles. The van der Waals surface area contributed by atoms with Crippen molar-refractivity contribution < 1.29 is 14.3 Å². The molecule has 132 valence electrons. The molecular formula is C16H24N4O4. The van der Waals surface area contributed by atoms with Crippen molar-refractivity contribution in [2.45, 2.75) is 27.3 Å². The molecule has 0 N–H and O–H groups in total. The Balaban J connectivity index is 2.03. The van der Waals surface area contributed by atoms with Gasteiger partial charge in [0.1, 0.15) is 5.69 Å². The van der Waals surface area contributed by atoms with Crippen LogP contribution in [0.3, 0.4) is 0 Å². The Hall–Kier alpha value is -2.38. The molecule has 8 heteroatoms. The van der Waals surface area contributed by atoms with Crippen LogP contribution in [-0.4, -0.2) is 64.4 Å². The molecule has 1 saturated heterocycles. The third-order valence-corrected chi connectivity index (χ3v) is 3.72. The molecule has 2 rings (SSSR count). The van der Waals surface area contributed by atoms with E-state index in [1.807, 2.05) is 13.8 Å². The Morgan fingerprint density at radius 2 is 1.79 bits per heavy atom. The first-order chi connectivity index (χ1) is 11.4. The second-order valence-electron chi connectivity index (χ2n) is 6.11. The van der Waals surface area contributed by atoms with Gasteiger partial charge in [0, 0.05) is 38.8 Å². The summed E-state index contributed by atoms with van der Waals surface area (Å²) in [5, 5.41) is 4.18. The van der Waals surface area contributed by atoms with Gasteiger partial charge in [-0.15, -0.1) is 0 Å².